The van der Waals surface area contributed by atoms with Crippen LogP contribution in [0, 0.1) is 0 Å². The van der Waals surface area contributed by atoms with E-state index in [0.717, 1.165) is 44.7 Å². The van der Waals surface area contributed by atoms with E-state index >= 15 is 0 Å². The second-order valence-electron chi connectivity index (χ2n) is 18.3. The van der Waals surface area contributed by atoms with E-state index in [1.54, 1.807) is 0 Å². The molecule has 3 heterocycles. The molecular formula is C62H43N5. The first-order chi connectivity index (χ1) is 33.2. The summed E-state index contributed by atoms with van der Waals surface area (Å²) in [4.78, 5) is 15.9. The van der Waals surface area contributed by atoms with E-state index in [4.69, 9.17) is 15.0 Å². The lowest BCUT2D eigenvalue weighted by molar-refractivity contribution is 0.550. The van der Waals surface area contributed by atoms with Crippen LogP contribution in [0.1, 0.15) is 36.8 Å². The zero-order chi connectivity index (χ0) is 44.1. The van der Waals surface area contributed by atoms with Crippen molar-refractivity contribution in [2.24, 2.45) is 0 Å². The zero-order valence-corrected chi connectivity index (χ0v) is 36.8. The van der Waals surface area contributed by atoms with Gasteiger partial charge in [0.15, 0.2) is 17.5 Å². The summed E-state index contributed by atoms with van der Waals surface area (Å²) >= 11 is 0. The Morgan fingerprint density at radius 3 is 1.39 bits per heavy atom. The van der Waals surface area contributed by atoms with Crippen LogP contribution in [0.3, 0.4) is 0 Å². The van der Waals surface area contributed by atoms with Gasteiger partial charge in [0, 0.05) is 55.0 Å². The highest BCUT2D eigenvalue weighted by Crippen LogP contribution is 2.58. The molecule has 5 nitrogen and oxygen atoms in total. The van der Waals surface area contributed by atoms with Crippen molar-refractivity contribution in [3.8, 4) is 67.8 Å². The minimum Gasteiger partial charge on any atom is -0.309 e. The standard InChI is InChI=1S/C62H43N5/c1-2-16-40(17-3-1)41-30-32-42(33-31-41)59-63-60(43-18-14-20-45(36-43)66-55-27-9-5-23-48(55)49-24-6-10-28-56(49)66)65-61(64-59)44-19-15-21-46(37-44)67-57-29-11-7-25-50(57)52-38-51-47-22-4-8-26-53(47)62(34-12-13-35-62)54(51)39-58(52)67/h1-11,14-33,36-39H,12-13,34-35H2. The normalized spacial score (nSPS) is 13.9. The Morgan fingerprint density at radius 2 is 0.776 bits per heavy atom. The maximum Gasteiger partial charge on any atom is 0.164 e. The molecule has 1 spiro atoms. The predicted octanol–water partition coefficient (Wildman–Crippen LogP) is 15.6. The number of hydrogen-bond acceptors (Lipinski definition) is 3. The predicted molar refractivity (Wildman–Crippen MR) is 275 cm³/mol. The van der Waals surface area contributed by atoms with Crippen molar-refractivity contribution < 1.29 is 0 Å². The van der Waals surface area contributed by atoms with Gasteiger partial charge in [0.25, 0.3) is 0 Å². The molecule has 3 aromatic heterocycles. The first kappa shape index (κ1) is 37.9. The van der Waals surface area contributed by atoms with Gasteiger partial charge in [0.05, 0.1) is 22.1 Å². The van der Waals surface area contributed by atoms with Gasteiger partial charge in [-0.25, -0.2) is 15.0 Å². The van der Waals surface area contributed by atoms with Crippen LogP contribution >= 0.6 is 0 Å². The van der Waals surface area contributed by atoms with E-state index in [0.29, 0.717) is 17.5 Å². The third kappa shape index (κ3) is 5.84. The molecule has 0 N–H and O–H groups in total. The van der Waals surface area contributed by atoms with Crippen LogP contribution in [0.2, 0.25) is 0 Å². The summed E-state index contributed by atoms with van der Waals surface area (Å²) in [6.45, 7) is 0. The molecule has 14 rings (SSSR count). The molecule has 12 aromatic rings. The van der Waals surface area contributed by atoms with Gasteiger partial charge >= 0.3 is 0 Å². The third-order valence-electron chi connectivity index (χ3n) is 14.7. The Morgan fingerprint density at radius 1 is 0.313 bits per heavy atom. The van der Waals surface area contributed by atoms with Crippen LogP contribution in [0.5, 0.6) is 0 Å². The summed E-state index contributed by atoms with van der Waals surface area (Å²) in [5.74, 6) is 1.87. The van der Waals surface area contributed by atoms with E-state index in [9.17, 15) is 0 Å². The summed E-state index contributed by atoms with van der Waals surface area (Å²) in [5.41, 5.74) is 17.8. The quantitative estimate of drug-likeness (QED) is 0.167. The Balaban J connectivity index is 0.943. The molecule has 2 aliphatic carbocycles. The lowest BCUT2D eigenvalue weighted by Gasteiger charge is -2.26. The average Bonchev–Trinajstić information content (AvgIpc) is 4.17. The first-order valence-corrected chi connectivity index (χ1v) is 23.5. The van der Waals surface area contributed by atoms with Crippen molar-refractivity contribution in [2.45, 2.75) is 31.1 Å². The second-order valence-corrected chi connectivity index (χ2v) is 18.3. The molecule has 0 radical (unpaired) electrons. The number of fused-ring (bicyclic) bond motifs is 11. The fourth-order valence-electron chi connectivity index (χ4n) is 11.7. The van der Waals surface area contributed by atoms with E-state index in [-0.39, 0.29) is 5.41 Å². The lowest BCUT2D eigenvalue weighted by Crippen LogP contribution is -2.20. The van der Waals surface area contributed by atoms with Gasteiger partial charge < -0.3 is 9.13 Å². The molecule has 0 aliphatic heterocycles. The van der Waals surface area contributed by atoms with Crippen LogP contribution < -0.4 is 0 Å². The monoisotopic (exact) mass is 857 g/mol. The number of benzene rings is 9. The molecule has 0 amide bonds. The van der Waals surface area contributed by atoms with Crippen molar-refractivity contribution >= 4 is 43.6 Å². The van der Waals surface area contributed by atoms with E-state index in [2.05, 4.69) is 221 Å². The molecule has 1 fully saturated rings. The Bertz CT molecular complexity index is 3870. The van der Waals surface area contributed by atoms with Crippen LogP contribution in [-0.4, -0.2) is 24.1 Å². The van der Waals surface area contributed by atoms with Gasteiger partial charge in [-0.3, -0.25) is 0 Å². The van der Waals surface area contributed by atoms with E-state index < -0.39 is 0 Å². The van der Waals surface area contributed by atoms with Crippen molar-refractivity contribution in [3.63, 3.8) is 0 Å². The minimum atomic E-state index is 0.0685. The van der Waals surface area contributed by atoms with Gasteiger partial charge in [0.2, 0.25) is 0 Å². The van der Waals surface area contributed by atoms with Crippen LogP contribution in [-0.2, 0) is 5.41 Å². The molecule has 9 aromatic carbocycles. The second kappa shape index (κ2) is 14.8. The van der Waals surface area contributed by atoms with Crippen molar-refractivity contribution in [1.82, 2.24) is 24.1 Å². The van der Waals surface area contributed by atoms with Crippen LogP contribution in [0.15, 0.2) is 212 Å². The topological polar surface area (TPSA) is 48.5 Å². The molecule has 316 valence electrons. The highest BCUT2D eigenvalue weighted by Gasteiger charge is 2.45. The number of aromatic nitrogens is 5. The summed E-state index contributed by atoms with van der Waals surface area (Å²) in [6.07, 6.45) is 4.90. The molecule has 0 atom stereocenters. The molecule has 2 aliphatic rings. The average molecular weight is 858 g/mol. The largest absolute Gasteiger partial charge is 0.309 e. The summed E-state index contributed by atoms with van der Waals surface area (Å²) in [6, 6.07) is 76.7. The van der Waals surface area contributed by atoms with Gasteiger partial charge in [0.1, 0.15) is 0 Å². The SMILES string of the molecule is c1ccc(-c2ccc(-c3nc(-c4cccc(-n5c6ccccc6c6ccccc65)c4)nc(-c4cccc(-n5c6ccccc6c6cc7c(cc65)C5(CCCC5)c5ccccc5-7)c4)n3)cc2)cc1. The maximum absolute atomic E-state index is 5.34. The number of hydrogen-bond donors (Lipinski definition) is 0. The van der Waals surface area contributed by atoms with Gasteiger partial charge in [-0.05, 0) is 101 Å². The van der Waals surface area contributed by atoms with Crippen molar-refractivity contribution in [1.29, 1.82) is 0 Å². The lowest BCUT2D eigenvalue weighted by atomic mass is 9.76. The first-order valence-electron chi connectivity index (χ1n) is 23.5. The zero-order valence-electron chi connectivity index (χ0n) is 36.8. The number of rotatable bonds is 6. The Kier molecular flexibility index (Phi) is 8.38. The fraction of sp³-hybridized carbons (Fsp3) is 0.0806. The van der Waals surface area contributed by atoms with Crippen molar-refractivity contribution in [3.05, 3.63) is 223 Å². The maximum atomic E-state index is 5.34. The summed E-state index contributed by atoms with van der Waals surface area (Å²) in [7, 11) is 0. The number of para-hydroxylation sites is 3. The van der Waals surface area contributed by atoms with Gasteiger partial charge in [-0.15, -0.1) is 0 Å². The Hall–Kier alpha value is -8.41. The van der Waals surface area contributed by atoms with E-state index in [1.807, 2.05) is 0 Å². The molecule has 0 unspecified atom stereocenters. The molecule has 1 saturated carbocycles. The van der Waals surface area contributed by atoms with Crippen LogP contribution in [0.25, 0.3) is 111 Å². The highest BCUT2D eigenvalue weighted by molar-refractivity contribution is 6.12. The van der Waals surface area contributed by atoms with Gasteiger partial charge in [-0.1, -0.05) is 171 Å². The van der Waals surface area contributed by atoms with Crippen molar-refractivity contribution in [2.75, 3.05) is 0 Å². The summed E-state index contributed by atoms with van der Waals surface area (Å²) < 4.78 is 4.80. The number of nitrogens with zero attached hydrogens (tertiary/aromatic N) is 5. The van der Waals surface area contributed by atoms with E-state index in [1.165, 1.54) is 86.1 Å². The summed E-state index contributed by atoms with van der Waals surface area (Å²) in [5, 5.41) is 4.98. The highest BCUT2D eigenvalue weighted by atomic mass is 15.0. The smallest absolute Gasteiger partial charge is 0.164 e. The molecule has 5 heteroatoms. The Labute approximate surface area is 388 Å². The molecular weight excluding hydrogens is 815 g/mol. The van der Waals surface area contributed by atoms with Gasteiger partial charge in [-0.2, -0.15) is 0 Å². The minimum absolute atomic E-state index is 0.0685. The van der Waals surface area contributed by atoms with Crippen LogP contribution in [0.4, 0.5) is 0 Å². The third-order valence-corrected chi connectivity index (χ3v) is 14.7. The molecule has 0 bridgehead atoms. The fourth-order valence-corrected chi connectivity index (χ4v) is 11.7. The molecule has 67 heavy (non-hydrogen) atoms. The molecule has 0 saturated heterocycles.